The molecule has 0 aromatic heterocycles. The second-order valence-electron chi connectivity index (χ2n) is 8.60. The van der Waals surface area contributed by atoms with Crippen molar-refractivity contribution in [2.75, 3.05) is 19.6 Å². The van der Waals surface area contributed by atoms with Crippen LogP contribution in [0.2, 0.25) is 0 Å². The number of rotatable bonds is 5. The van der Waals surface area contributed by atoms with Crippen molar-refractivity contribution < 1.29 is 19.4 Å². The lowest BCUT2D eigenvalue weighted by Gasteiger charge is -2.39. The van der Waals surface area contributed by atoms with Gasteiger partial charge in [0.15, 0.2) is 0 Å². The highest BCUT2D eigenvalue weighted by molar-refractivity contribution is 5.80. The summed E-state index contributed by atoms with van der Waals surface area (Å²) in [4.78, 5) is 26.3. The number of hydrogen-bond donors (Lipinski definition) is 2. The van der Waals surface area contributed by atoms with Crippen LogP contribution >= 0.6 is 0 Å². The van der Waals surface area contributed by atoms with Gasteiger partial charge in [0.1, 0.15) is 0 Å². The maximum absolute atomic E-state index is 12.5. The Bertz CT molecular complexity index is 530. The number of nitrogens with zero attached hydrogens (tertiary/aromatic N) is 1. The van der Waals surface area contributed by atoms with Gasteiger partial charge in [-0.1, -0.05) is 0 Å². The Morgan fingerprint density at radius 2 is 2.00 bits per heavy atom. The van der Waals surface area contributed by atoms with E-state index in [-0.39, 0.29) is 35.5 Å². The van der Waals surface area contributed by atoms with Gasteiger partial charge in [0.25, 0.3) is 0 Å². The predicted octanol–water partition coefficient (Wildman–Crippen LogP) is 1.21. The molecule has 2 N–H and O–H groups in total. The molecule has 2 amide bonds. The van der Waals surface area contributed by atoms with E-state index in [9.17, 15) is 14.7 Å². The lowest BCUT2D eigenvalue weighted by molar-refractivity contribution is -0.147. The summed E-state index contributed by atoms with van der Waals surface area (Å²) in [5.41, 5.74) is -0.220. The van der Waals surface area contributed by atoms with Gasteiger partial charge < -0.3 is 20.1 Å². The van der Waals surface area contributed by atoms with Crippen molar-refractivity contribution in [1.82, 2.24) is 10.2 Å². The molecular weight excluding hydrogens is 320 g/mol. The van der Waals surface area contributed by atoms with E-state index in [2.05, 4.69) is 5.32 Å². The number of aliphatic hydroxyl groups excluding tert-OH is 1. The summed E-state index contributed by atoms with van der Waals surface area (Å²) in [5.74, 6) is 0.951. The molecule has 6 nitrogen and oxygen atoms in total. The summed E-state index contributed by atoms with van der Waals surface area (Å²) in [7, 11) is 0. The van der Waals surface area contributed by atoms with Gasteiger partial charge >= 0.3 is 0 Å². The highest BCUT2D eigenvalue weighted by Gasteiger charge is 2.46. The topological polar surface area (TPSA) is 78.9 Å². The second-order valence-corrected chi connectivity index (χ2v) is 8.60. The van der Waals surface area contributed by atoms with E-state index in [1.807, 2.05) is 4.90 Å². The Hall–Kier alpha value is -1.14. The van der Waals surface area contributed by atoms with Crippen LogP contribution in [0.1, 0.15) is 57.8 Å². The van der Waals surface area contributed by atoms with Crippen molar-refractivity contribution >= 4 is 11.8 Å². The Kier molecular flexibility index (Phi) is 4.75. The largest absolute Gasteiger partial charge is 0.393 e. The van der Waals surface area contributed by atoms with Crippen LogP contribution in [-0.2, 0) is 14.3 Å². The molecule has 1 spiro atoms. The van der Waals surface area contributed by atoms with E-state index in [4.69, 9.17) is 4.74 Å². The number of hydrogen-bond acceptors (Lipinski definition) is 4. The zero-order valence-electron chi connectivity index (χ0n) is 14.9. The third-order valence-corrected chi connectivity index (χ3v) is 6.36. The van der Waals surface area contributed by atoms with Crippen LogP contribution in [0.15, 0.2) is 0 Å². The quantitative estimate of drug-likeness (QED) is 0.781. The van der Waals surface area contributed by atoms with Crippen molar-refractivity contribution in [2.24, 2.45) is 11.8 Å². The highest BCUT2D eigenvalue weighted by atomic mass is 16.5. The Morgan fingerprint density at radius 3 is 2.72 bits per heavy atom. The molecule has 2 aliphatic heterocycles. The second kappa shape index (κ2) is 6.88. The minimum atomic E-state index is -0.292. The Labute approximate surface area is 149 Å². The monoisotopic (exact) mass is 350 g/mol. The first kappa shape index (κ1) is 17.3. The first-order chi connectivity index (χ1) is 12.0. The van der Waals surface area contributed by atoms with Crippen LogP contribution in [-0.4, -0.2) is 59.3 Å². The fourth-order valence-electron chi connectivity index (χ4n) is 4.53. The first-order valence-electron chi connectivity index (χ1n) is 9.94. The van der Waals surface area contributed by atoms with Crippen LogP contribution in [0, 0.1) is 11.8 Å². The van der Waals surface area contributed by atoms with Gasteiger partial charge in [0.2, 0.25) is 11.8 Å². The molecule has 0 aromatic rings. The van der Waals surface area contributed by atoms with Gasteiger partial charge in [-0.2, -0.15) is 0 Å². The van der Waals surface area contributed by atoms with E-state index >= 15 is 0 Å². The fraction of sp³-hybridized carbons (Fsp3) is 0.895. The molecule has 4 fully saturated rings. The average Bonchev–Trinajstić information content (AvgIpc) is 3.29. The van der Waals surface area contributed by atoms with Crippen LogP contribution in [0.25, 0.3) is 0 Å². The van der Waals surface area contributed by atoms with E-state index in [0.29, 0.717) is 38.3 Å². The molecule has 25 heavy (non-hydrogen) atoms. The van der Waals surface area contributed by atoms with Gasteiger partial charge in [0, 0.05) is 32.0 Å². The van der Waals surface area contributed by atoms with Crippen molar-refractivity contribution in [2.45, 2.75) is 75.6 Å². The number of aliphatic hydroxyl groups is 1. The molecule has 2 saturated heterocycles. The van der Waals surface area contributed by atoms with Crippen molar-refractivity contribution in [1.29, 1.82) is 0 Å². The van der Waals surface area contributed by atoms with Crippen LogP contribution in [0.4, 0.5) is 0 Å². The van der Waals surface area contributed by atoms with Crippen molar-refractivity contribution in [3.63, 3.8) is 0 Å². The van der Waals surface area contributed by atoms with E-state index in [1.165, 1.54) is 12.8 Å². The molecule has 2 aliphatic carbocycles. The summed E-state index contributed by atoms with van der Waals surface area (Å²) < 4.78 is 6.38. The molecule has 2 atom stereocenters. The first-order valence-corrected chi connectivity index (χ1v) is 9.94. The Balaban J connectivity index is 1.25. The molecule has 0 aromatic carbocycles. The highest BCUT2D eigenvalue weighted by Crippen LogP contribution is 2.39. The molecule has 4 aliphatic rings. The molecule has 0 radical (unpaired) electrons. The predicted molar refractivity (Wildman–Crippen MR) is 91.7 cm³/mol. The summed E-state index contributed by atoms with van der Waals surface area (Å²) in [6.07, 6.45) is 8.00. The fourth-order valence-corrected chi connectivity index (χ4v) is 4.53. The molecule has 6 heteroatoms. The molecule has 2 heterocycles. The average molecular weight is 350 g/mol. The summed E-state index contributed by atoms with van der Waals surface area (Å²) in [5, 5.41) is 12.5. The third-order valence-electron chi connectivity index (χ3n) is 6.36. The minimum Gasteiger partial charge on any atom is -0.393 e. The molecule has 4 rings (SSSR count). The number of carbonyl (C=O) groups excluding carboxylic acids is 2. The van der Waals surface area contributed by atoms with Gasteiger partial charge in [-0.25, -0.2) is 0 Å². The standard InChI is InChI=1S/C19H30N2O4/c22-15-9-14(10-15)18(24)21-7-6-19(12-21)5-1-2-16(25-19)11-20-17(23)8-13-3-4-13/h13-16,22H,1-12H2,(H,20,23)/t14?,15?,16-,19-/m1/s1. The zero-order valence-corrected chi connectivity index (χ0v) is 14.9. The summed E-state index contributed by atoms with van der Waals surface area (Å²) in [6, 6.07) is 0. The summed E-state index contributed by atoms with van der Waals surface area (Å²) >= 11 is 0. The number of likely N-dealkylation sites (tertiary alicyclic amines) is 1. The SMILES string of the molecule is O=C(CC1CC1)NC[C@H]1CCC[C@]2(CCN(C(=O)C3CC(O)C3)C2)O1. The lowest BCUT2D eigenvalue weighted by Crippen LogP contribution is -2.49. The third kappa shape index (κ3) is 4.00. The van der Waals surface area contributed by atoms with Gasteiger partial charge in [-0.15, -0.1) is 0 Å². The maximum atomic E-state index is 12.5. The van der Waals surface area contributed by atoms with Gasteiger partial charge in [-0.05, 0) is 57.3 Å². The molecule has 140 valence electrons. The normalized spacial score (nSPS) is 37.8. The van der Waals surface area contributed by atoms with Crippen LogP contribution in [0.5, 0.6) is 0 Å². The number of carbonyl (C=O) groups is 2. The zero-order chi connectivity index (χ0) is 17.4. The Morgan fingerprint density at radius 1 is 1.20 bits per heavy atom. The van der Waals surface area contributed by atoms with Gasteiger partial charge in [0.05, 0.1) is 17.8 Å². The van der Waals surface area contributed by atoms with E-state index in [1.54, 1.807) is 0 Å². The molecular formula is C19H30N2O4. The lowest BCUT2D eigenvalue weighted by atomic mass is 9.81. The van der Waals surface area contributed by atoms with Crippen molar-refractivity contribution in [3.8, 4) is 0 Å². The number of ether oxygens (including phenoxy) is 1. The molecule has 0 unspecified atom stereocenters. The number of amides is 2. The minimum absolute atomic E-state index is 0.00579. The van der Waals surface area contributed by atoms with Gasteiger partial charge in [-0.3, -0.25) is 9.59 Å². The smallest absolute Gasteiger partial charge is 0.225 e. The molecule has 0 bridgehead atoms. The van der Waals surface area contributed by atoms with Crippen LogP contribution in [0.3, 0.4) is 0 Å². The van der Waals surface area contributed by atoms with Crippen molar-refractivity contribution in [3.05, 3.63) is 0 Å². The van der Waals surface area contributed by atoms with E-state index < -0.39 is 0 Å². The van der Waals surface area contributed by atoms with Crippen LogP contribution < -0.4 is 5.32 Å². The van der Waals surface area contributed by atoms with E-state index in [0.717, 1.165) is 32.2 Å². The summed E-state index contributed by atoms with van der Waals surface area (Å²) in [6.45, 7) is 2.02. The maximum Gasteiger partial charge on any atom is 0.225 e. The number of nitrogens with one attached hydrogen (secondary N) is 1. The molecule has 2 saturated carbocycles.